The van der Waals surface area contributed by atoms with Gasteiger partial charge in [0.25, 0.3) is 11.2 Å². The molecule has 0 radical (unpaired) electrons. The summed E-state index contributed by atoms with van der Waals surface area (Å²) in [5.41, 5.74) is -18.6. The highest BCUT2D eigenvalue weighted by Gasteiger charge is 2.81. The van der Waals surface area contributed by atoms with Gasteiger partial charge in [0, 0.05) is 33.5 Å². The third-order valence-corrected chi connectivity index (χ3v) is 33.2. The van der Waals surface area contributed by atoms with Gasteiger partial charge in [0.1, 0.15) is 19.2 Å². The van der Waals surface area contributed by atoms with Crippen LogP contribution in [0.25, 0.3) is 0 Å². The summed E-state index contributed by atoms with van der Waals surface area (Å²) in [7, 11) is 1.36. The second-order valence-electron chi connectivity index (χ2n) is 38.8. The Hall–Kier alpha value is -3.14. The molecule has 0 heterocycles. The molecule has 115 heavy (non-hydrogen) atoms. The van der Waals surface area contributed by atoms with E-state index in [0.717, 1.165) is 32.1 Å². The first-order valence-corrected chi connectivity index (χ1v) is 41.2. The second-order valence-corrected chi connectivity index (χ2v) is 38.8. The number of rotatable bonds is 20. The molecule has 14 bridgehead atoms. The predicted molar refractivity (Wildman–Crippen MR) is 366 cm³/mol. The Balaban J connectivity index is 0.000000152. The minimum Gasteiger partial charge on any atom is -0.440 e. The van der Waals surface area contributed by atoms with Gasteiger partial charge in [-0.25, -0.2) is 4.79 Å². The van der Waals surface area contributed by atoms with Gasteiger partial charge in [-0.1, -0.05) is 55.4 Å². The first-order chi connectivity index (χ1) is 52.6. The lowest BCUT2D eigenvalue weighted by atomic mass is 9.61. The largest absolute Gasteiger partial charge is 0.510 e. The van der Waals surface area contributed by atoms with Gasteiger partial charge >= 0.3 is 72.7 Å². The average molecular weight is 1700 g/mol. The highest BCUT2D eigenvalue weighted by Crippen LogP contribution is 2.77. The number of hydrogen-bond donors (Lipinski definition) is 0. The number of carbonyl (C=O) groups excluding carboxylic acids is 2. The molecule has 14 aliphatic rings. The van der Waals surface area contributed by atoms with Crippen molar-refractivity contribution in [2.75, 3.05) is 40.5 Å². The molecular formula is C81H114F24O10. The molecular weight excluding hydrogens is 1590 g/mol. The molecule has 0 aromatic rings. The Labute approximate surface area is 656 Å². The van der Waals surface area contributed by atoms with Crippen LogP contribution in [-0.2, 0) is 42.7 Å². The van der Waals surface area contributed by atoms with Crippen molar-refractivity contribution in [3.8, 4) is 0 Å². The summed E-state index contributed by atoms with van der Waals surface area (Å²) < 4.78 is 367. The van der Waals surface area contributed by atoms with Crippen LogP contribution < -0.4 is 0 Å². The molecule has 34 heteroatoms. The molecule has 10 nitrogen and oxygen atoms in total. The van der Waals surface area contributed by atoms with E-state index in [9.17, 15) is 115 Å². The van der Waals surface area contributed by atoms with Crippen LogP contribution in [0.15, 0.2) is 0 Å². The number of methoxy groups -OCH3 is 1. The summed E-state index contributed by atoms with van der Waals surface area (Å²) in [4.78, 5) is 23.0. The van der Waals surface area contributed by atoms with Gasteiger partial charge in [-0.3, -0.25) is 4.79 Å². The normalized spacial score (nSPS) is 40.8. The second kappa shape index (κ2) is 31.9. The van der Waals surface area contributed by atoms with Gasteiger partial charge in [0.05, 0.1) is 13.2 Å². The van der Waals surface area contributed by atoms with Crippen LogP contribution >= 0.6 is 0 Å². The van der Waals surface area contributed by atoms with Crippen molar-refractivity contribution < 1.29 is 153 Å². The van der Waals surface area contributed by atoms with E-state index in [-0.39, 0.29) is 84.9 Å². The predicted octanol–water partition coefficient (Wildman–Crippen LogP) is 23.5. The van der Waals surface area contributed by atoms with Crippen LogP contribution in [-0.4, -0.2) is 130 Å². The monoisotopic (exact) mass is 1700 g/mol. The van der Waals surface area contributed by atoms with Crippen molar-refractivity contribution in [3.05, 3.63) is 0 Å². The highest BCUT2D eigenvalue weighted by molar-refractivity contribution is 5.67. The molecule has 32 atom stereocenters. The molecule has 0 saturated heterocycles. The van der Waals surface area contributed by atoms with E-state index in [4.69, 9.17) is 14.2 Å². The van der Waals surface area contributed by atoms with Crippen molar-refractivity contribution in [1.29, 1.82) is 0 Å². The summed E-state index contributed by atoms with van der Waals surface area (Å²) >= 11 is 0. The first-order valence-electron chi connectivity index (χ1n) is 41.2. The van der Waals surface area contributed by atoms with Gasteiger partial charge in [-0.05, 0) is 301 Å². The van der Waals surface area contributed by atoms with E-state index < -0.39 is 152 Å². The molecule has 14 aliphatic carbocycles. The van der Waals surface area contributed by atoms with Gasteiger partial charge in [-0.2, -0.15) is 105 Å². The maximum Gasteiger partial charge on any atom is 0.510 e. The average Bonchev–Trinajstić information content (AvgIpc) is 1.54. The Morgan fingerprint density at radius 1 is 0.304 bits per heavy atom. The number of alkyl halides is 24. The third-order valence-electron chi connectivity index (χ3n) is 33.2. The first kappa shape index (κ1) is 92.6. The van der Waals surface area contributed by atoms with E-state index >= 15 is 0 Å². The summed E-state index contributed by atoms with van der Waals surface area (Å²) in [5, 5.41) is 0. The molecule has 0 spiro atoms. The van der Waals surface area contributed by atoms with Crippen LogP contribution in [0.2, 0.25) is 0 Å². The van der Waals surface area contributed by atoms with Crippen LogP contribution in [0, 0.1) is 189 Å². The lowest BCUT2D eigenvalue weighted by Gasteiger charge is -2.46. The zero-order valence-electron chi connectivity index (χ0n) is 67.3. The minimum absolute atomic E-state index is 0.0111. The van der Waals surface area contributed by atoms with E-state index in [2.05, 4.69) is 65.2 Å². The van der Waals surface area contributed by atoms with E-state index in [1.165, 1.54) is 34.8 Å². The van der Waals surface area contributed by atoms with Crippen molar-refractivity contribution in [2.45, 2.75) is 264 Å². The molecule has 0 N–H and O–H groups in total. The Kier molecular flexibility index (Phi) is 25.7. The number of fused-ring (bicyclic) bond motifs is 29. The number of ether oxygens (including phenoxy) is 8. The zero-order valence-corrected chi connectivity index (χ0v) is 67.3. The SMILES string of the molecule is CC(=O)OC(CC1CC2CC1C(C)C2C)(C(F)(F)F)C(F)(F)F.CC1C(C)C2CC1C1C3CC(CC(OC(=O)OC(C)(C)C)(C(F)(F)F)C(F)(F)F)C(C3)C21.CCOCOC(CC1CC2CC1C1C3CC(C(C)C3C)C21)(C(F)(F)F)C(F)(F)F.COCCOCOC(CC1CC2CC1C1C3CC(C(C)C3C)C21)(C(F)(F)F)C(F)(F)F. The zero-order chi connectivity index (χ0) is 85.9. The van der Waals surface area contributed by atoms with E-state index in [1.807, 2.05) is 13.8 Å². The number of halogens is 24. The van der Waals surface area contributed by atoms with Gasteiger partial charge in [0.15, 0.2) is 0 Å². The quantitative estimate of drug-likeness (QED) is 0.0384. The highest BCUT2D eigenvalue weighted by atomic mass is 19.4. The topological polar surface area (TPSA) is 108 Å². The fraction of sp³-hybridized carbons (Fsp3) is 0.975. The van der Waals surface area contributed by atoms with Crippen LogP contribution in [0.4, 0.5) is 110 Å². The summed E-state index contributed by atoms with van der Waals surface area (Å²) in [6, 6.07) is 0. The van der Waals surface area contributed by atoms with Crippen molar-refractivity contribution in [1.82, 2.24) is 0 Å². The van der Waals surface area contributed by atoms with Gasteiger partial charge in [0.2, 0.25) is 0 Å². The maximum absolute atomic E-state index is 14.0. The summed E-state index contributed by atoms with van der Waals surface area (Å²) in [5.74, 6) is 4.75. The maximum atomic E-state index is 14.0. The van der Waals surface area contributed by atoms with E-state index in [1.54, 1.807) is 0 Å². The molecule has 14 rings (SSSR count). The Bertz CT molecular complexity index is 3280. The van der Waals surface area contributed by atoms with Crippen molar-refractivity contribution >= 4 is 12.1 Å². The molecule has 666 valence electrons. The minimum atomic E-state index is -5.81. The summed E-state index contributed by atoms with van der Waals surface area (Å²) in [6.45, 7) is 21.1. The summed E-state index contributed by atoms with van der Waals surface area (Å²) in [6.07, 6.45) is -44.2. The van der Waals surface area contributed by atoms with E-state index in [0.29, 0.717) is 146 Å². The molecule has 0 amide bonds. The van der Waals surface area contributed by atoms with Gasteiger partial charge in [-0.15, -0.1) is 0 Å². The van der Waals surface area contributed by atoms with Gasteiger partial charge < -0.3 is 37.9 Å². The fourth-order valence-corrected chi connectivity index (χ4v) is 28.2. The van der Waals surface area contributed by atoms with Crippen LogP contribution in [0.1, 0.15) is 186 Å². The Morgan fingerprint density at radius 3 is 0.852 bits per heavy atom. The van der Waals surface area contributed by atoms with Crippen LogP contribution in [0.3, 0.4) is 0 Å². The molecule has 14 fully saturated rings. The van der Waals surface area contributed by atoms with Crippen molar-refractivity contribution in [2.24, 2.45) is 189 Å². The lowest BCUT2D eigenvalue weighted by Crippen LogP contribution is -2.61. The molecule has 0 aliphatic heterocycles. The fourth-order valence-electron chi connectivity index (χ4n) is 28.2. The lowest BCUT2D eigenvalue weighted by molar-refractivity contribution is -0.399. The smallest absolute Gasteiger partial charge is 0.440 e. The number of esters is 1. The number of hydrogen-bond acceptors (Lipinski definition) is 10. The molecule has 0 aromatic heterocycles. The third kappa shape index (κ3) is 16.1. The van der Waals surface area contributed by atoms with Crippen molar-refractivity contribution in [3.63, 3.8) is 0 Å². The molecule has 32 unspecified atom stereocenters. The number of carbonyl (C=O) groups is 2. The Morgan fingerprint density at radius 2 is 0.574 bits per heavy atom. The van der Waals surface area contributed by atoms with Crippen LogP contribution in [0.5, 0.6) is 0 Å². The molecule has 0 aromatic carbocycles. The standard InChI is InChI=1S/C23H32F6O3.C22H32F6O3.C21H30F6O2.C15H20F6O2/c1-10-11(2)15-8-14(10)17-12-6-13(16(7-12)18(15)17)9-21(22(24,25)26,23(27,28)29)32-19(30)31-20(3,4)5;1-11-12(2)16-8-15(11)18-13-6-14(17(7-13)19(16)18)9-20(21(23,24)25,22(26,27)28)31-10-30-5-4-29-3;1-4-28-9-29-19(20(22,23)24,21(25,26)27)8-13-5-12-6-16(13)18-15-7-14(17(12)18)10(2)11(15)3;1-7-8(2)12-5-10(7)4-11(12)6-13(14(16,17)18,15(19,20)21)23-9(3)22/h10-18H,6-9H2,1-5H3;11-19H,4-10H2,1-3H3;10-18H,4-9H2,1-3H3;7-8,10-12H,4-6H2,1-3H3. The molecule has 14 saturated carbocycles.